The van der Waals surface area contributed by atoms with Gasteiger partial charge in [-0.15, -0.1) is 6.58 Å². The van der Waals surface area contributed by atoms with Crippen LogP contribution in [-0.2, 0) is 9.53 Å². The highest BCUT2D eigenvalue weighted by molar-refractivity contribution is 5.69. The molecule has 0 fully saturated rings. The third kappa shape index (κ3) is 3.83. The molecule has 0 saturated heterocycles. The largest absolute Gasteiger partial charge is 0.459 e. The van der Waals surface area contributed by atoms with E-state index in [2.05, 4.69) is 11.3 Å². The molecular weight excluding hydrogens is 304 g/mol. The first kappa shape index (κ1) is 18.7. The van der Waals surface area contributed by atoms with Crippen LogP contribution in [0.25, 0.3) is 0 Å². The Labute approximate surface area is 108 Å². The quantitative estimate of drug-likeness (QED) is 0.388. The minimum atomic E-state index is -6.37. The van der Waals surface area contributed by atoms with Gasteiger partial charge in [-0.25, -0.2) is 8.78 Å². The Balaban J connectivity index is 4.86. The summed E-state index contributed by atoms with van der Waals surface area (Å²) in [5.74, 6) is -19.6. The molecule has 0 aromatic carbocycles. The maximum Gasteiger partial charge on any atom is 0.381 e. The van der Waals surface area contributed by atoms with Gasteiger partial charge < -0.3 is 4.74 Å². The molecule has 0 aromatic rings. The Morgan fingerprint density at radius 3 is 2.05 bits per heavy atom. The Kier molecular flexibility index (Phi) is 5.97. The van der Waals surface area contributed by atoms with E-state index in [1.807, 2.05) is 0 Å². The summed E-state index contributed by atoms with van der Waals surface area (Å²) in [6.45, 7) is 0.742. The van der Waals surface area contributed by atoms with Gasteiger partial charge in [0.1, 0.15) is 0 Å². The molecule has 0 bridgehead atoms. The standard InChI is InChI=1S/C10H10F8O2/c1-2-3-4-6(19)20-5-8(13,14)10(17,18)9(15,16)7(11)12/h2,7H,1,3-5H2. The number of esters is 1. The van der Waals surface area contributed by atoms with E-state index in [9.17, 15) is 39.9 Å². The number of carbonyl (C=O) groups is 1. The van der Waals surface area contributed by atoms with E-state index >= 15 is 0 Å². The molecule has 0 radical (unpaired) electrons. The highest BCUT2D eigenvalue weighted by Crippen LogP contribution is 2.48. The van der Waals surface area contributed by atoms with E-state index in [1.165, 1.54) is 6.08 Å². The van der Waals surface area contributed by atoms with Crippen molar-refractivity contribution in [3.05, 3.63) is 12.7 Å². The lowest BCUT2D eigenvalue weighted by atomic mass is 10.1. The monoisotopic (exact) mass is 314 g/mol. The third-order valence-electron chi connectivity index (χ3n) is 2.12. The van der Waals surface area contributed by atoms with Crippen LogP contribution in [0.3, 0.4) is 0 Å². The molecule has 0 saturated carbocycles. The summed E-state index contributed by atoms with van der Waals surface area (Å²) in [5.41, 5.74) is 0. The minimum absolute atomic E-state index is 0.0198. The fraction of sp³-hybridized carbons (Fsp3) is 0.700. The molecule has 0 aliphatic rings. The van der Waals surface area contributed by atoms with Gasteiger partial charge in [-0.05, 0) is 6.42 Å². The number of halogens is 8. The topological polar surface area (TPSA) is 26.3 Å². The fourth-order valence-electron chi connectivity index (χ4n) is 0.935. The molecule has 2 nitrogen and oxygen atoms in total. The second-order valence-electron chi connectivity index (χ2n) is 3.69. The van der Waals surface area contributed by atoms with Crippen LogP contribution in [0.1, 0.15) is 12.8 Å². The molecule has 118 valence electrons. The van der Waals surface area contributed by atoms with Crippen molar-refractivity contribution in [2.24, 2.45) is 0 Å². The normalized spacial score (nSPS) is 13.4. The molecule has 20 heavy (non-hydrogen) atoms. The van der Waals surface area contributed by atoms with E-state index in [0.717, 1.165) is 0 Å². The van der Waals surface area contributed by atoms with Crippen LogP contribution in [0.5, 0.6) is 0 Å². The molecule has 0 aliphatic heterocycles. The molecular formula is C10H10F8O2. The van der Waals surface area contributed by atoms with Gasteiger partial charge in [-0.3, -0.25) is 4.79 Å². The summed E-state index contributed by atoms with van der Waals surface area (Å²) in [6.07, 6.45) is -4.32. The van der Waals surface area contributed by atoms with Crippen LogP contribution in [-0.4, -0.2) is 36.8 Å². The first-order valence-electron chi connectivity index (χ1n) is 5.08. The van der Waals surface area contributed by atoms with Crippen molar-refractivity contribution in [3.63, 3.8) is 0 Å². The van der Waals surface area contributed by atoms with Gasteiger partial charge in [0.05, 0.1) is 0 Å². The lowest BCUT2D eigenvalue weighted by Gasteiger charge is -2.31. The van der Waals surface area contributed by atoms with Crippen LogP contribution < -0.4 is 0 Å². The Morgan fingerprint density at radius 1 is 1.15 bits per heavy atom. The van der Waals surface area contributed by atoms with E-state index in [-0.39, 0.29) is 6.42 Å². The summed E-state index contributed by atoms with van der Waals surface area (Å²) in [5, 5.41) is 0. The smallest absolute Gasteiger partial charge is 0.381 e. The molecule has 0 heterocycles. The molecule has 0 spiro atoms. The zero-order valence-electron chi connectivity index (χ0n) is 9.82. The lowest BCUT2D eigenvalue weighted by Crippen LogP contribution is -2.59. The SMILES string of the molecule is C=CCCC(=O)OCC(F)(F)C(F)(F)C(F)(F)C(F)F. The van der Waals surface area contributed by atoms with Gasteiger partial charge >= 0.3 is 30.2 Å². The molecule has 10 heteroatoms. The Morgan fingerprint density at radius 2 is 1.65 bits per heavy atom. The van der Waals surface area contributed by atoms with E-state index < -0.39 is 43.2 Å². The fourth-order valence-corrected chi connectivity index (χ4v) is 0.935. The van der Waals surface area contributed by atoms with E-state index in [0.29, 0.717) is 0 Å². The first-order valence-corrected chi connectivity index (χ1v) is 5.08. The zero-order valence-corrected chi connectivity index (χ0v) is 9.82. The predicted molar refractivity (Wildman–Crippen MR) is 51.2 cm³/mol. The van der Waals surface area contributed by atoms with Crippen LogP contribution in [0.15, 0.2) is 12.7 Å². The molecule has 0 atom stereocenters. The van der Waals surface area contributed by atoms with Gasteiger partial charge in [0, 0.05) is 6.42 Å². The second-order valence-corrected chi connectivity index (χ2v) is 3.69. The summed E-state index contributed by atoms with van der Waals surface area (Å²) in [6, 6.07) is 0. The number of carbonyl (C=O) groups excluding carboxylic acids is 1. The van der Waals surface area contributed by atoms with Crippen molar-refractivity contribution in [1.29, 1.82) is 0 Å². The zero-order chi connectivity index (χ0) is 16.2. The summed E-state index contributed by atoms with van der Waals surface area (Å²) >= 11 is 0. The Bertz CT molecular complexity index is 353. The van der Waals surface area contributed by atoms with Crippen LogP contribution >= 0.6 is 0 Å². The molecule has 0 aliphatic carbocycles. The average molecular weight is 314 g/mol. The first-order chi connectivity index (χ1) is 8.90. The van der Waals surface area contributed by atoms with Crippen molar-refractivity contribution >= 4 is 5.97 Å². The van der Waals surface area contributed by atoms with Crippen molar-refractivity contribution < 1.29 is 44.7 Å². The van der Waals surface area contributed by atoms with Crippen LogP contribution in [0.2, 0.25) is 0 Å². The van der Waals surface area contributed by atoms with Crippen molar-refractivity contribution in [2.45, 2.75) is 37.0 Å². The van der Waals surface area contributed by atoms with E-state index in [1.54, 1.807) is 0 Å². The molecule has 0 unspecified atom stereocenters. The molecule has 0 aromatic heterocycles. The third-order valence-corrected chi connectivity index (χ3v) is 2.12. The number of allylic oxidation sites excluding steroid dienone is 1. The Hall–Kier alpha value is -1.35. The average Bonchev–Trinajstić information content (AvgIpc) is 2.33. The maximum absolute atomic E-state index is 12.9. The molecule has 0 rings (SSSR count). The second kappa shape index (κ2) is 6.40. The van der Waals surface area contributed by atoms with Gasteiger partial charge in [0.15, 0.2) is 6.61 Å². The number of rotatable bonds is 8. The number of alkyl halides is 8. The van der Waals surface area contributed by atoms with Gasteiger partial charge in [-0.1, -0.05) is 6.08 Å². The van der Waals surface area contributed by atoms with Gasteiger partial charge in [0.2, 0.25) is 0 Å². The van der Waals surface area contributed by atoms with Gasteiger partial charge in [0.25, 0.3) is 0 Å². The number of ether oxygens (including phenoxy) is 1. The van der Waals surface area contributed by atoms with Gasteiger partial charge in [-0.2, -0.15) is 26.3 Å². The van der Waals surface area contributed by atoms with Crippen molar-refractivity contribution in [1.82, 2.24) is 0 Å². The minimum Gasteiger partial charge on any atom is -0.459 e. The van der Waals surface area contributed by atoms with E-state index in [4.69, 9.17) is 0 Å². The summed E-state index contributed by atoms with van der Waals surface area (Å²) < 4.78 is 103. The lowest BCUT2D eigenvalue weighted by molar-refractivity contribution is -0.344. The summed E-state index contributed by atoms with van der Waals surface area (Å²) in [7, 11) is 0. The maximum atomic E-state index is 12.9. The van der Waals surface area contributed by atoms with Crippen molar-refractivity contribution in [3.8, 4) is 0 Å². The van der Waals surface area contributed by atoms with Crippen molar-refractivity contribution in [2.75, 3.05) is 6.61 Å². The van der Waals surface area contributed by atoms with Crippen LogP contribution in [0, 0.1) is 0 Å². The van der Waals surface area contributed by atoms with Crippen LogP contribution in [0.4, 0.5) is 35.1 Å². The number of hydrogen-bond donors (Lipinski definition) is 0. The molecule has 0 N–H and O–H groups in total. The summed E-state index contributed by atoms with van der Waals surface area (Å²) in [4.78, 5) is 10.8. The predicted octanol–water partition coefficient (Wildman–Crippen LogP) is 3.67. The molecule has 0 amide bonds. The highest BCUT2D eigenvalue weighted by Gasteiger charge is 2.75. The number of hydrogen-bond acceptors (Lipinski definition) is 2. The highest BCUT2D eigenvalue weighted by atomic mass is 19.4.